The van der Waals surface area contributed by atoms with Crippen LogP contribution in [-0.4, -0.2) is 23.0 Å². The van der Waals surface area contributed by atoms with E-state index in [9.17, 15) is 4.79 Å². The molecule has 2 rings (SSSR count). The Bertz CT molecular complexity index is 317. The van der Waals surface area contributed by atoms with Crippen molar-refractivity contribution in [2.45, 2.75) is 38.4 Å². The number of nitrogens with one attached hydrogen (secondary N) is 3. The molecule has 1 aliphatic rings. The van der Waals surface area contributed by atoms with Gasteiger partial charge in [-0.2, -0.15) is 0 Å². The third-order valence-corrected chi connectivity index (χ3v) is 2.59. The maximum absolute atomic E-state index is 11.6. The molecule has 1 aliphatic carbocycles. The molecule has 1 heterocycles. The Morgan fingerprint density at radius 2 is 2.47 bits per heavy atom. The summed E-state index contributed by atoms with van der Waals surface area (Å²) in [7, 11) is 0. The Balaban J connectivity index is 1.71. The second-order valence-electron chi connectivity index (χ2n) is 4.10. The lowest BCUT2D eigenvalue weighted by Crippen LogP contribution is -2.42. The Morgan fingerprint density at radius 1 is 1.67 bits per heavy atom. The summed E-state index contributed by atoms with van der Waals surface area (Å²) in [4.78, 5) is 14.6. The molecule has 82 valence electrons. The maximum atomic E-state index is 11.6. The van der Waals surface area contributed by atoms with Crippen molar-refractivity contribution < 1.29 is 4.79 Å². The molecule has 0 radical (unpaired) electrons. The van der Waals surface area contributed by atoms with Crippen molar-refractivity contribution in [3.8, 4) is 0 Å². The molecule has 4 heteroatoms. The van der Waals surface area contributed by atoms with Crippen LogP contribution in [0, 0.1) is 0 Å². The van der Waals surface area contributed by atoms with Gasteiger partial charge in [0, 0.05) is 25.0 Å². The predicted octanol–water partition coefficient (Wildman–Crippen LogP) is 0.771. The number of hydrogen-bond acceptors (Lipinski definition) is 2. The molecule has 3 N–H and O–H groups in total. The largest absolute Gasteiger partial charge is 0.367 e. The molecule has 15 heavy (non-hydrogen) atoms. The molecule has 4 nitrogen and oxygen atoms in total. The van der Waals surface area contributed by atoms with E-state index in [-0.39, 0.29) is 11.9 Å². The van der Waals surface area contributed by atoms with Gasteiger partial charge >= 0.3 is 0 Å². The quantitative estimate of drug-likeness (QED) is 0.668. The highest BCUT2D eigenvalue weighted by atomic mass is 16.2. The summed E-state index contributed by atoms with van der Waals surface area (Å²) in [5.41, 5.74) is 1.17. The molecule has 1 aromatic rings. The van der Waals surface area contributed by atoms with Crippen molar-refractivity contribution in [1.29, 1.82) is 0 Å². The Hall–Kier alpha value is -1.29. The number of aromatic nitrogens is 1. The fraction of sp³-hybridized carbons (Fsp3) is 0.545. The van der Waals surface area contributed by atoms with E-state index in [4.69, 9.17) is 0 Å². The van der Waals surface area contributed by atoms with Crippen LogP contribution in [0.25, 0.3) is 0 Å². The average Bonchev–Trinajstić information content (AvgIpc) is 2.88. The molecule has 1 atom stereocenters. The maximum Gasteiger partial charge on any atom is 0.237 e. The molecule has 0 aromatic carbocycles. The van der Waals surface area contributed by atoms with Crippen molar-refractivity contribution in [2.24, 2.45) is 0 Å². The molecule has 1 fully saturated rings. The van der Waals surface area contributed by atoms with Crippen molar-refractivity contribution in [2.75, 3.05) is 0 Å². The van der Waals surface area contributed by atoms with Gasteiger partial charge in [0.25, 0.3) is 0 Å². The zero-order chi connectivity index (χ0) is 10.7. The summed E-state index contributed by atoms with van der Waals surface area (Å²) < 4.78 is 0. The topological polar surface area (TPSA) is 56.9 Å². The standard InChI is InChI=1S/C11H17N3O/c1-8(11(15)14-10-2-3-10)13-7-9-4-5-12-6-9/h4-6,8,10,12-13H,2-3,7H2,1H3,(H,14,15). The van der Waals surface area contributed by atoms with Gasteiger partial charge in [-0.05, 0) is 31.4 Å². The number of hydrogen-bond donors (Lipinski definition) is 3. The van der Waals surface area contributed by atoms with Gasteiger partial charge in [-0.3, -0.25) is 4.79 Å². The van der Waals surface area contributed by atoms with Crippen molar-refractivity contribution >= 4 is 5.91 Å². The van der Waals surface area contributed by atoms with Crippen molar-refractivity contribution in [1.82, 2.24) is 15.6 Å². The Labute approximate surface area is 89.5 Å². The van der Waals surface area contributed by atoms with Crippen LogP contribution in [0.2, 0.25) is 0 Å². The van der Waals surface area contributed by atoms with E-state index in [2.05, 4.69) is 15.6 Å². The van der Waals surface area contributed by atoms with Crippen LogP contribution >= 0.6 is 0 Å². The lowest BCUT2D eigenvalue weighted by molar-refractivity contribution is -0.122. The Kier molecular flexibility index (Phi) is 3.06. The summed E-state index contributed by atoms with van der Waals surface area (Å²) in [6.45, 7) is 2.62. The first-order valence-electron chi connectivity index (χ1n) is 5.41. The highest BCUT2D eigenvalue weighted by Crippen LogP contribution is 2.18. The highest BCUT2D eigenvalue weighted by molar-refractivity contribution is 5.81. The first-order valence-corrected chi connectivity index (χ1v) is 5.41. The molecule has 1 aromatic heterocycles. The normalized spacial score (nSPS) is 17.4. The van der Waals surface area contributed by atoms with Crippen LogP contribution in [-0.2, 0) is 11.3 Å². The monoisotopic (exact) mass is 207 g/mol. The van der Waals surface area contributed by atoms with Gasteiger partial charge in [-0.25, -0.2) is 0 Å². The van der Waals surface area contributed by atoms with E-state index in [1.807, 2.05) is 25.4 Å². The van der Waals surface area contributed by atoms with Gasteiger partial charge in [0.1, 0.15) is 0 Å². The van der Waals surface area contributed by atoms with E-state index in [1.54, 1.807) is 0 Å². The van der Waals surface area contributed by atoms with E-state index in [1.165, 1.54) is 5.56 Å². The fourth-order valence-electron chi connectivity index (χ4n) is 1.39. The lowest BCUT2D eigenvalue weighted by atomic mass is 10.2. The number of aromatic amines is 1. The zero-order valence-electron chi connectivity index (χ0n) is 8.92. The predicted molar refractivity (Wildman–Crippen MR) is 58.3 cm³/mol. The van der Waals surface area contributed by atoms with Gasteiger partial charge in [-0.1, -0.05) is 0 Å². The average molecular weight is 207 g/mol. The summed E-state index contributed by atoms with van der Waals surface area (Å²) in [6, 6.07) is 2.31. The molecule has 0 spiro atoms. The molecule has 0 aliphatic heterocycles. The molecule has 1 amide bonds. The first kappa shape index (κ1) is 10.2. The molecular formula is C11H17N3O. The van der Waals surface area contributed by atoms with Crippen LogP contribution in [0.15, 0.2) is 18.5 Å². The second kappa shape index (κ2) is 4.49. The second-order valence-corrected chi connectivity index (χ2v) is 4.10. The molecular weight excluding hydrogens is 190 g/mol. The van der Waals surface area contributed by atoms with E-state index in [0.29, 0.717) is 6.04 Å². The summed E-state index contributed by atoms with van der Waals surface area (Å²) in [5, 5.41) is 6.16. The summed E-state index contributed by atoms with van der Waals surface area (Å²) in [5.74, 6) is 0.105. The van der Waals surface area contributed by atoms with Crippen LogP contribution in [0.3, 0.4) is 0 Å². The van der Waals surface area contributed by atoms with Crippen LogP contribution in [0.1, 0.15) is 25.3 Å². The zero-order valence-corrected chi connectivity index (χ0v) is 8.92. The third kappa shape index (κ3) is 3.09. The summed E-state index contributed by atoms with van der Waals surface area (Å²) in [6.07, 6.45) is 6.08. The minimum Gasteiger partial charge on any atom is -0.367 e. The van der Waals surface area contributed by atoms with Crippen LogP contribution < -0.4 is 10.6 Å². The molecule has 1 unspecified atom stereocenters. The van der Waals surface area contributed by atoms with Gasteiger partial charge in [0.2, 0.25) is 5.91 Å². The molecule has 0 saturated heterocycles. The Morgan fingerprint density at radius 3 is 3.07 bits per heavy atom. The number of rotatable bonds is 5. The van der Waals surface area contributed by atoms with Gasteiger partial charge in [-0.15, -0.1) is 0 Å². The van der Waals surface area contributed by atoms with Gasteiger partial charge in [0.15, 0.2) is 0 Å². The van der Waals surface area contributed by atoms with Crippen molar-refractivity contribution in [3.63, 3.8) is 0 Å². The number of H-pyrrole nitrogens is 1. The SMILES string of the molecule is CC(NCc1cc[nH]c1)C(=O)NC1CC1. The summed E-state index contributed by atoms with van der Waals surface area (Å²) >= 11 is 0. The van der Waals surface area contributed by atoms with Crippen LogP contribution in [0.4, 0.5) is 0 Å². The first-order chi connectivity index (χ1) is 7.25. The van der Waals surface area contributed by atoms with Gasteiger partial charge in [0.05, 0.1) is 6.04 Å². The molecule has 1 saturated carbocycles. The fourth-order valence-corrected chi connectivity index (χ4v) is 1.39. The minimum atomic E-state index is -0.125. The number of amides is 1. The van der Waals surface area contributed by atoms with E-state index >= 15 is 0 Å². The third-order valence-electron chi connectivity index (χ3n) is 2.59. The van der Waals surface area contributed by atoms with Crippen molar-refractivity contribution in [3.05, 3.63) is 24.0 Å². The number of carbonyl (C=O) groups excluding carboxylic acids is 1. The highest BCUT2D eigenvalue weighted by Gasteiger charge is 2.25. The smallest absolute Gasteiger partial charge is 0.237 e. The minimum absolute atomic E-state index is 0.105. The van der Waals surface area contributed by atoms with E-state index in [0.717, 1.165) is 19.4 Å². The van der Waals surface area contributed by atoms with E-state index < -0.39 is 0 Å². The lowest BCUT2D eigenvalue weighted by Gasteiger charge is -2.12. The molecule has 0 bridgehead atoms. The number of carbonyl (C=O) groups is 1. The van der Waals surface area contributed by atoms with Gasteiger partial charge < -0.3 is 15.6 Å². The van der Waals surface area contributed by atoms with Crippen LogP contribution in [0.5, 0.6) is 0 Å².